The number of hydrogen-bond donors (Lipinski definition) is 2. The van der Waals surface area contributed by atoms with Gasteiger partial charge in [-0.1, -0.05) is 25.1 Å². The monoisotopic (exact) mass is 388 g/mol. The first-order valence-corrected chi connectivity index (χ1v) is 8.34. The minimum Gasteiger partial charge on any atom is -0.480 e. The highest BCUT2D eigenvalue weighted by Crippen LogP contribution is 2.21. The van der Waals surface area contributed by atoms with Crippen molar-refractivity contribution in [3.05, 3.63) is 42.1 Å². The molecule has 0 radical (unpaired) electrons. The number of amides is 1. The molecule has 28 heavy (non-hydrogen) atoms. The number of carboxylic acid groups (broad SMARTS) is 1. The number of ether oxygens (including phenoxy) is 2. The molecule has 1 heterocycles. The van der Waals surface area contributed by atoms with Crippen LogP contribution in [0.4, 0.5) is 0 Å². The van der Waals surface area contributed by atoms with E-state index in [9.17, 15) is 24.3 Å². The molecule has 0 fully saturated rings. The summed E-state index contributed by atoms with van der Waals surface area (Å²) >= 11 is 0. The molecule has 0 unspecified atom stereocenters. The highest BCUT2D eigenvalue weighted by atomic mass is 16.5. The van der Waals surface area contributed by atoms with Crippen LogP contribution in [0.2, 0.25) is 0 Å². The minimum absolute atomic E-state index is 0.219. The van der Waals surface area contributed by atoms with Crippen LogP contribution in [0.15, 0.2) is 36.5 Å². The average Bonchev–Trinajstić information content (AvgIpc) is 2.70. The Morgan fingerprint density at radius 2 is 1.64 bits per heavy atom. The van der Waals surface area contributed by atoms with Gasteiger partial charge in [0.1, 0.15) is 6.04 Å². The number of esters is 2. The smallest absolute Gasteiger partial charge is 0.326 e. The maximum Gasteiger partial charge on any atom is 0.326 e. The van der Waals surface area contributed by atoms with Crippen molar-refractivity contribution in [3.63, 3.8) is 0 Å². The Labute approximate surface area is 160 Å². The lowest BCUT2D eigenvalue weighted by Crippen LogP contribution is -2.50. The molecule has 1 amide bonds. The third kappa shape index (κ3) is 4.25. The van der Waals surface area contributed by atoms with Crippen LogP contribution >= 0.6 is 0 Å². The van der Waals surface area contributed by atoms with Gasteiger partial charge in [-0.2, -0.15) is 0 Å². The maximum atomic E-state index is 12.7. The van der Waals surface area contributed by atoms with Gasteiger partial charge in [0.05, 0.1) is 25.3 Å². The zero-order chi connectivity index (χ0) is 20.8. The first kappa shape index (κ1) is 20.8. The summed E-state index contributed by atoms with van der Waals surface area (Å²) in [6, 6.07) is 6.80. The number of carbonyl (C=O) groups is 4. The number of nitrogens with one attached hydrogen (secondary N) is 1. The fourth-order valence-corrected chi connectivity index (χ4v) is 2.90. The second-order valence-electron chi connectivity index (χ2n) is 6.05. The fourth-order valence-electron chi connectivity index (χ4n) is 2.90. The Kier molecular flexibility index (Phi) is 6.64. The Morgan fingerprint density at radius 1 is 1.04 bits per heavy atom. The average molecular weight is 388 g/mol. The predicted octanol–water partition coefficient (Wildman–Crippen LogP) is 1.02. The molecule has 1 aromatic carbocycles. The number of aromatic nitrogens is 1. The van der Waals surface area contributed by atoms with Crippen LogP contribution in [-0.4, -0.2) is 54.2 Å². The van der Waals surface area contributed by atoms with E-state index in [1.54, 1.807) is 24.3 Å². The van der Waals surface area contributed by atoms with Crippen molar-refractivity contribution in [2.45, 2.75) is 13.0 Å². The van der Waals surface area contributed by atoms with Crippen LogP contribution in [0.5, 0.6) is 0 Å². The Hall–Kier alpha value is -3.49. The van der Waals surface area contributed by atoms with Gasteiger partial charge in [0.2, 0.25) is 0 Å². The van der Waals surface area contributed by atoms with Crippen LogP contribution in [0, 0.1) is 11.8 Å². The molecule has 0 saturated heterocycles. The van der Waals surface area contributed by atoms with E-state index in [1.807, 2.05) is 0 Å². The summed E-state index contributed by atoms with van der Waals surface area (Å²) in [5, 5.41) is 12.5. The van der Waals surface area contributed by atoms with E-state index in [2.05, 4.69) is 19.8 Å². The van der Waals surface area contributed by atoms with E-state index < -0.39 is 41.7 Å². The molecule has 2 N–H and O–H groups in total. The van der Waals surface area contributed by atoms with Crippen molar-refractivity contribution in [2.24, 2.45) is 11.8 Å². The molecule has 1 aromatic heterocycles. The van der Waals surface area contributed by atoms with Gasteiger partial charge >= 0.3 is 17.9 Å². The summed E-state index contributed by atoms with van der Waals surface area (Å²) in [5.41, 5.74) is 0.786. The van der Waals surface area contributed by atoms with Gasteiger partial charge in [0.25, 0.3) is 5.91 Å². The standard InChI is InChI=1S/C19H20N2O7/c1-10(14(18(25)27-2)19(26)28-3)15(17(23)24)21-16(22)12-8-9-20-13-7-5-4-6-11(12)13/h4-10,14-15H,1-3H3,(H,21,22)(H,23,24)/t10-,15-/m0/s1. The van der Waals surface area contributed by atoms with E-state index in [-0.39, 0.29) is 5.56 Å². The van der Waals surface area contributed by atoms with Crippen molar-refractivity contribution in [2.75, 3.05) is 14.2 Å². The minimum atomic E-state index is -1.54. The third-order valence-corrected chi connectivity index (χ3v) is 4.41. The van der Waals surface area contributed by atoms with Gasteiger partial charge in [-0.05, 0) is 12.1 Å². The van der Waals surface area contributed by atoms with Crippen molar-refractivity contribution in [3.8, 4) is 0 Å². The van der Waals surface area contributed by atoms with Gasteiger partial charge in [-0.25, -0.2) is 4.79 Å². The second kappa shape index (κ2) is 8.94. The number of nitrogens with zero attached hydrogens (tertiary/aromatic N) is 1. The van der Waals surface area contributed by atoms with Gasteiger partial charge in [-0.15, -0.1) is 0 Å². The summed E-state index contributed by atoms with van der Waals surface area (Å²) in [6.45, 7) is 1.35. The summed E-state index contributed by atoms with van der Waals surface area (Å²) in [5.74, 6) is -6.62. The van der Waals surface area contributed by atoms with E-state index in [0.29, 0.717) is 10.9 Å². The summed E-state index contributed by atoms with van der Waals surface area (Å²) in [7, 11) is 2.14. The number of carbonyl (C=O) groups excluding carboxylic acids is 3. The van der Waals surface area contributed by atoms with Crippen molar-refractivity contribution < 1.29 is 33.8 Å². The lowest BCUT2D eigenvalue weighted by atomic mass is 9.87. The van der Waals surface area contributed by atoms with E-state index in [4.69, 9.17) is 0 Å². The largest absolute Gasteiger partial charge is 0.480 e. The number of methoxy groups -OCH3 is 2. The molecule has 9 heteroatoms. The number of rotatable bonds is 7. The SMILES string of the molecule is COC(=O)C(C(=O)OC)[C@H](C)[C@H](NC(=O)c1ccnc2ccccc12)C(=O)O. The Balaban J connectivity index is 2.35. The molecule has 2 aromatic rings. The van der Waals surface area contributed by atoms with Crippen LogP contribution in [-0.2, 0) is 23.9 Å². The van der Waals surface area contributed by atoms with Crippen LogP contribution in [0.25, 0.3) is 10.9 Å². The van der Waals surface area contributed by atoms with E-state index in [1.165, 1.54) is 19.2 Å². The molecule has 148 valence electrons. The number of benzene rings is 1. The molecule has 2 atom stereocenters. The highest BCUT2D eigenvalue weighted by Gasteiger charge is 2.42. The summed E-state index contributed by atoms with van der Waals surface area (Å²) in [4.78, 5) is 52.6. The van der Waals surface area contributed by atoms with E-state index in [0.717, 1.165) is 14.2 Å². The van der Waals surface area contributed by atoms with Crippen molar-refractivity contribution >= 4 is 34.7 Å². The van der Waals surface area contributed by atoms with Crippen molar-refractivity contribution in [1.82, 2.24) is 10.3 Å². The predicted molar refractivity (Wildman–Crippen MR) is 97.3 cm³/mol. The van der Waals surface area contributed by atoms with Gasteiger partial charge < -0.3 is 19.9 Å². The molecule has 0 saturated carbocycles. The highest BCUT2D eigenvalue weighted by molar-refractivity contribution is 6.07. The molecule has 0 aliphatic heterocycles. The molecule has 0 aliphatic carbocycles. The van der Waals surface area contributed by atoms with Gasteiger partial charge in [-0.3, -0.25) is 19.4 Å². The third-order valence-electron chi connectivity index (χ3n) is 4.41. The van der Waals surface area contributed by atoms with Gasteiger partial charge in [0, 0.05) is 17.5 Å². The molecular formula is C19H20N2O7. The van der Waals surface area contributed by atoms with Crippen molar-refractivity contribution in [1.29, 1.82) is 0 Å². The number of carboxylic acids is 1. The number of para-hydroxylation sites is 1. The lowest BCUT2D eigenvalue weighted by molar-refractivity contribution is -0.162. The molecule has 0 bridgehead atoms. The number of fused-ring (bicyclic) bond motifs is 1. The lowest BCUT2D eigenvalue weighted by Gasteiger charge is -2.26. The summed E-state index contributed by atoms with van der Waals surface area (Å²) < 4.78 is 9.16. The zero-order valence-corrected chi connectivity index (χ0v) is 15.5. The van der Waals surface area contributed by atoms with Crippen LogP contribution < -0.4 is 5.32 Å². The number of hydrogen-bond acceptors (Lipinski definition) is 7. The quantitative estimate of drug-likeness (QED) is 0.531. The summed E-state index contributed by atoms with van der Waals surface area (Å²) in [6.07, 6.45) is 1.43. The molecule has 0 aliphatic rings. The topological polar surface area (TPSA) is 132 Å². The Morgan fingerprint density at radius 3 is 2.21 bits per heavy atom. The first-order valence-electron chi connectivity index (χ1n) is 8.34. The number of pyridine rings is 1. The van der Waals surface area contributed by atoms with Crippen LogP contribution in [0.1, 0.15) is 17.3 Å². The molecule has 2 rings (SSSR count). The van der Waals surface area contributed by atoms with Gasteiger partial charge in [0.15, 0.2) is 5.92 Å². The molecule has 9 nitrogen and oxygen atoms in total. The van der Waals surface area contributed by atoms with Crippen LogP contribution in [0.3, 0.4) is 0 Å². The first-order chi connectivity index (χ1) is 13.3. The maximum absolute atomic E-state index is 12.7. The normalized spacial score (nSPS) is 12.9. The number of aliphatic carboxylic acids is 1. The second-order valence-corrected chi connectivity index (χ2v) is 6.05. The molecule has 0 spiro atoms. The fraction of sp³-hybridized carbons (Fsp3) is 0.316. The van der Waals surface area contributed by atoms with E-state index >= 15 is 0 Å². The molecular weight excluding hydrogens is 368 g/mol. The zero-order valence-electron chi connectivity index (χ0n) is 15.5. The Bertz CT molecular complexity index is 891.